The number of hydrogen-bond acceptors (Lipinski definition) is 3. The average Bonchev–Trinajstić information content (AvgIpc) is 2.95. The van der Waals surface area contributed by atoms with E-state index in [4.69, 9.17) is 11.6 Å². The molecule has 2 aromatic carbocycles. The summed E-state index contributed by atoms with van der Waals surface area (Å²) < 4.78 is 30.1. The molecule has 0 aliphatic rings. The van der Waals surface area contributed by atoms with Gasteiger partial charge in [-0.3, -0.25) is 9.40 Å². The summed E-state index contributed by atoms with van der Waals surface area (Å²) >= 11 is 9.56. The van der Waals surface area contributed by atoms with Gasteiger partial charge in [0.15, 0.2) is 5.82 Å². The van der Waals surface area contributed by atoms with Gasteiger partial charge in [-0.05, 0) is 57.6 Å². The number of nitrogens with zero attached hydrogens (tertiary/aromatic N) is 2. The van der Waals surface area contributed by atoms with Crippen LogP contribution in [0.25, 0.3) is 0 Å². The van der Waals surface area contributed by atoms with Gasteiger partial charge in [-0.15, -0.1) is 0 Å². The number of nitrogens with one attached hydrogen (secondary N) is 1. The zero-order valence-corrected chi connectivity index (χ0v) is 18.7. The zero-order chi connectivity index (χ0) is 20.3. The first-order valence-electron chi connectivity index (χ1n) is 8.83. The first-order valence-corrected chi connectivity index (χ1v) is 11.5. The molecule has 0 bridgehead atoms. The monoisotopic (exact) mass is 481 g/mol. The lowest BCUT2D eigenvalue weighted by Gasteiger charge is -2.08. The number of anilines is 1. The number of sulfonamides is 1. The van der Waals surface area contributed by atoms with E-state index in [2.05, 4.69) is 39.6 Å². The van der Waals surface area contributed by atoms with Crippen LogP contribution in [-0.4, -0.2) is 18.2 Å². The van der Waals surface area contributed by atoms with Crippen LogP contribution in [0.15, 0.2) is 64.1 Å². The molecule has 0 saturated heterocycles. The summed E-state index contributed by atoms with van der Waals surface area (Å²) in [5.74, 6) is 0.747. The number of rotatable bonds is 7. The fraction of sp³-hybridized carbons (Fsp3) is 0.250. The van der Waals surface area contributed by atoms with E-state index < -0.39 is 10.0 Å². The Morgan fingerprint density at radius 3 is 2.46 bits per heavy atom. The SMILES string of the molecule is CC(C)Cc1ccc(S(=O)(=O)Nc2nn(Cc3ccccc3Cl)cc2Br)cc1. The predicted octanol–water partition coefficient (Wildman–Crippen LogP) is 5.35. The quantitative estimate of drug-likeness (QED) is 0.494. The van der Waals surface area contributed by atoms with Gasteiger partial charge < -0.3 is 0 Å². The lowest BCUT2D eigenvalue weighted by Crippen LogP contribution is -2.14. The summed E-state index contributed by atoms with van der Waals surface area (Å²) in [5, 5.41) is 4.97. The molecule has 0 atom stereocenters. The highest BCUT2D eigenvalue weighted by Crippen LogP contribution is 2.25. The molecule has 1 N–H and O–H groups in total. The third kappa shape index (κ3) is 5.16. The lowest BCUT2D eigenvalue weighted by molar-refractivity contribution is 0.600. The second-order valence-corrected chi connectivity index (χ2v) is 9.91. The molecular formula is C20H21BrClN3O2S. The minimum atomic E-state index is -3.73. The topological polar surface area (TPSA) is 64.0 Å². The molecule has 0 aliphatic heterocycles. The Morgan fingerprint density at radius 1 is 1.14 bits per heavy atom. The van der Waals surface area contributed by atoms with Crippen molar-refractivity contribution in [1.29, 1.82) is 0 Å². The Hall–Kier alpha value is -1.83. The van der Waals surface area contributed by atoms with Crippen LogP contribution in [0.3, 0.4) is 0 Å². The van der Waals surface area contributed by atoms with Crippen molar-refractivity contribution in [1.82, 2.24) is 9.78 Å². The Labute approximate surface area is 178 Å². The highest BCUT2D eigenvalue weighted by molar-refractivity contribution is 9.10. The van der Waals surface area contributed by atoms with Gasteiger partial charge in [-0.2, -0.15) is 5.10 Å². The minimum absolute atomic E-state index is 0.201. The van der Waals surface area contributed by atoms with Crippen molar-refractivity contribution in [2.24, 2.45) is 5.92 Å². The summed E-state index contributed by atoms with van der Waals surface area (Å²) in [7, 11) is -3.73. The van der Waals surface area contributed by atoms with Gasteiger partial charge in [-0.1, -0.05) is 55.8 Å². The second-order valence-electron chi connectivity index (χ2n) is 6.96. The Morgan fingerprint density at radius 2 is 1.82 bits per heavy atom. The van der Waals surface area contributed by atoms with E-state index in [1.165, 1.54) is 0 Å². The minimum Gasteiger partial charge on any atom is -0.265 e. The molecule has 0 aliphatic carbocycles. The van der Waals surface area contributed by atoms with Crippen LogP contribution in [0.4, 0.5) is 5.82 Å². The number of halogens is 2. The molecule has 3 rings (SSSR count). The van der Waals surface area contributed by atoms with Crippen LogP contribution >= 0.6 is 27.5 Å². The summed E-state index contributed by atoms with van der Waals surface area (Å²) in [6.45, 7) is 4.69. The molecule has 0 unspecified atom stereocenters. The first kappa shape index (κ1) is 20.9. The molecule has 0 radical (unpaired) electrons. The second kappa shape index (κ2) is 8.68. The smallest absolute Gasteiger partial charge is 0.263 e. The first-order chi connectivity index (χ1) is 13.2. The molecule has 148 valence electrons. The van der Waals surface area contributed by atoms with Crippen molar-refractivity contribution in [2.75, 3.05) is 4.72 Å². The van der Waals surface area contributed by atoms with Crippen LogP contribution in [0, 0.1) is 5.92 Å². The van der Waals surface area contributed by atoms with Gasteiger partial charge in [0.1, 0.15) is 0 Å². The average molecular weight is 483 g/mol. The number of benzene rings is 2. The van der Waals surface area contributed by atoms with E-state index in [0.717, 1.165) is 17.5 Å². The van der Waals surface area contributed by atoms with Crippen LogP contribution in [0.1, 0.15) is 25.0 Å². The van der Waals surface area contributed by atoms with Gasteiger partial charge in [0, 0.05) is 11.2 Å². The molecule has 1 aromatic heterocycles. The van der Waals surface area contributed by atoms with Gasteiger partial charge in [0.25, 0.3) is 10.0 Å². The van der Waals surface area contributed by atoms with E-state index in [-0.39, 0.29) is 10.7 Å². The molecular weight excluding hydrogens is 462 g/mol. The van der Waals surface area contributed by atoms with Crippen LogP contribution in [-0.2, 0) is 23.0 Å². The van der Waals surface area contributed by atoms with Crippen LogP contribution in [0.2, 0.25) is 5.02 Å². The van der Waals surface area contributed by atoms with E-state index >= 15 is 0 Å². The van der Waals surface area contributed by atoms with E-state index in [9.17, 15) is 8.42 Å². The molecule has 5 nitrogen and oxygen atoms in total. The van der Waals surface area contributed by atoms with Gasteiger partial charge in [-0.25, -0.2) is 8.42 Å². The largest absolute Gasteiger partial charge is 0.265 e. The predicted molar refractivity (Wildman–Crippen MR) is 116 cm³/mol. The number of aromatic nitrogens is 2. The summed E-state index contributed by atoms with van der Waals surface area (Å²) in [6.07, 6.45) is 2.62. The molecule has 8 heteroatoms. The van der Waals surface area contributed by atoms with Crippen LogP contribution in [0.5, 0.6) is 0 Å². The Bertz CT molecular complexity index is 1060. The maximum atomic E-state index is 12.7. The van der Waals surface area contributed by atoms with Crippen molar-refractivity contribution < 1.29 is 8.42 Å². The highest BCUT2D eigenvalue weighted by Gasteiger charge is 2.18. The standard InChI is InChI=1S/C20H21BrClN3O2S/c1-14(2)11-15-7-9-17(10-8-15)28(26,27)24-20-18(21)13-25(23-20)12-16-5-3-4-6-19(16)22/h3-10,13-14H,11-12H2,1-2H3,(H,23,24). The highest BCUT2D eigenvalue weighted by atomic mass is 79.9. The van der Waals surface area contributed by atoms with E-state index in [0.29, 0.717) is 22.0 Å². The van der Waals surface area contributed by atoms with Crippen LogP contribution < -0.4 is 4.72 Å². The molecule has 0 spiro atoms. The molecule has 0 saturated carbocycles. The van der Waals surface area contributed by atoms with Crippen molar-refractivity contribution in [3.63, 3.8) is 0 Å². The van der Waals surface area contributed by atoms with Crippen molar-refractivity contribution in [3.8, 4) is 0 Å². The van der Waals surface area contributed by atoms with Crippen molar-refractivity contribution in [2.45, 2.75) is 31.7 Å². The molecule has 0 amide bonds. The van der Waals surface area contributed by atoms with Gasteiger partial charge >= 0.3 is 0 Å². The maximum absolute atomic E-state index is 12.7. The third-order valence-corrected chi connectivity index (χ3v) is 6.42. The molecule has 0 fully saturated rings. The Balaban J connectivity index is 1.77. The fourth-order valence-corrected chi connectivity index (χ4v) is 4.57. The maximum Gasteiger partial charge on any atom is 0.263 e. The normalized spacial score (nSPS) is 11.8. The van der Waals surface area contributed by atoms with E-state index in [1.54, 1.807) is 23.0 Å². The van der Waals surface area contributed by atoms with Gasteiger partial charge in [0.2, 0.25) is 0 Å². The third-order valence-electron chi connectivity index (χ3n) is 4.12. The summed E-state index contributed by atoms with van der Waals surface area (Å²) in [4.78, 5) is 0.201. The Kier molecular flexibility index (Phi) is 6.47. The summed E-state index contributed by atoms with van der Waals surface area (Å²) in [5.41, 5.74) is 2.01. The zero-order valence-electron chi connectivity index (χ0n) is 15.6. The summed E-state index contributed by atoms with van der Waals surface area (Å²) in [6, 6.07) is 14.4. The fourth-order valence-electron chi connectivity index (χ4n) is 2.81. The molecule has 28 heavy (non-hydrogen) atoms. The molecule has 3 aromatic rings. The van der Waals surface area contributed by atoms with Gasteiger partial charge in [0.05, 0.1) is 15.9 Å². The number of hydrogen-bond donors (Lipinski definition) is 1. The van der Waals surface area contributed by atoms with Crippen molar-refractivity contribution in [3.05, 3.63) is 75.4 Å². The lowest BCUT2D eigenvalue weighted by atomic mass is 10.0. The molecule has 1 heterocycles. The van der Waals surface area contributed by atoms with E-state index in [1.807, 2.05) is 36.4 Å². The van der Waals surface area contributed by atoms with Crippen molar-refractivity contribution >= 4 is 43.4 Å².